The van der Waals surface area contributed by atoms with Gasteiger partial charge in [0, 0.05) is 6.20 Å². The number of hydrogen-bond acceptors (Lipinski definition) is 8. The van der Waals surface area contributed by atoms with Gasteiger partial charge in [-0.25, -0.2) is 18.4 Å². The molecule has 0 saturated carbocycles. The van der Waals surface area contributed by atoms with Gasteiger partial charge in [0.1, 0.15) is 16.5 Å². The summed E-state index contributed by atoms with van der Waals surface area (Å²) >= 11 is 1.11. The summed E-state index contributed by atoms with van der Waals surface area (Å²) in [6.45, 7) is 1.83. The number of nitrogens with zero attached hydrogens (tertiary/aromatic N) is 4. The Morgan fingerprint density at radius 3 is 2.88 bits per heavy atom. The summed E-state index contributed by atoms with van der Waals surface area (Å²) in [6.07, 6.45) is 3.01. The summed E-state index contributed by atoms with van der Waals surface area (Å²) in [6, 6.07) is 6.64. The number of rotatable bonds is 6. The lowest BCUT2D eigenvalue weighted by Gasteiger charge is -2.11. The molecule has 124 valence electrons. The van der Waals surface area contributed by atoms with E-state index in [-0.39, 0.29) is 22.5 Å². The highest BCUT2D eigenvalue weighted by Gasteiger charge is 2.19. The van der Waals surface area contributed by atoms with E-state index in [1.807, 2.05) is 0 Å². The Morgan fingerprint density at radius 2 is 2.17 bits per heavy atom. The lowest BCUT2D eigenvalue weighted by molar-refractivity contribution is 0.288. The van der Waals surface area contributed by atoms with Gasteiger partial charge in [0.05, 0.1) is 11.9 Å². The van der Waals surface area contributed by atoms with E-state index in [0.717, 1.165) is 11.3 Å². The second kappa shape index (κ2) is 6.89. The maximum Gasteiger partial charge on any atom is 0.272 e. The maximum atomic E-state index is 12.3. The summed E-state index contributed by atoms with van der Waals surface area (Å²) in [5, 5.41) is 9.34. The van der Waals surface area contributed by atoms with Gasteiger partial charge < -0.3 is 4.74 Å². The largest absolute Gasteiger partial charge is 0.468 e. The van der Waals surface area contributed by atoms with Crippen LogP contribution in [0.1, 0.15) is 11.4 Å². The third kappa shape index (κ3) is 3.84. The third-order valence-corrected chi connectivity index (χ3v) is 5.57. The lowest BCUT2D eigenvalue weighted by Crippen LogP contribution is -2.15. The van der Waals surface area contributed by atoms with Crippen LogP contribution in [0, 0.1) is 6.92 Å². The number of nitrogens with one attached hydrogen (secondary N) is 1. The molecule has 0 saturated heterocycles. The SMILES string of the molecule is Cc1cnc(NS(=O)(=O)c2cccs2)c(OCc2cccnn2)n1. The minimum atomic E-state index is -3.73. The number of aryl methyl sites for hydroxylation is 1. The summed E-state index contributed by atoms with van der Waals surface area (Å²) < 4.78 is 32.8. The zero-order valence-corrected chi connectivity index (χ0v) is 14.2. The van der Waals surface area contributed by atoms with Crippen LogP contribution in [-0.4, -0.2) is 28.6 Å². The zero-order valence-electron chi connectivity index (χ0n) is 12.6. The fourth-order valence-corrected chi connectivity index (χ4v) is 3.77. The molecule has 24 heavy (non-hydrogen) atoms. The van der Waals surface area contributed by atoms with Gasteiger partial charge in [-0.1, -0.05) is 6.07 Å². The Morgan fingerprint density at radius 1 is 1.29 bits per heavy atom. The van der Waals surface area contributed by atoms with Crippen LogP contribution in [0.15, 0.2) is 46.2 Å². The highest BCUT2D eigenvalue weighted by atomic mass is 32.2. The fraction of sp³-hybridized carbons (Fsp3) is 0.143. The Hall–Kier alpha value is -2.59. The van der Waals surface area contributed by atoms with Crippen molar-refractivity contribution < 1.29 is 13.2 Å². The molecule has 0 bridgehead atoms. The van der Waals surface area contributed by atoms with Crippen LogP contribution in [0.25, 0.3) is 0 Å². The van der Waals surface area contributed by atoms with Crippen LogP contribution in [0.2, 0.25) is 0 Å². The molecule has 1 N–H and O–H groups in total. The van der Waals surface area contributed by atoms with Crippen molar-refractivity contribution in [2.24, 2.45) is 0 Å². The smallest absolute Gasteiger partial charge is 0.272 e. The van der Waals surface area contributed by atoms with Gasteiger partial charge in [0.15, 0.2) is 0 Å². The molecule has 3 aromatic rings. The van der Waals surface area contributed by atoms with Crippen LogP contribution < -0.4 is 9.46 Å². The van der Waals surface area contributed by atoms with Crippen molar-refractivity contribution in [3.63, 3.8) is 0 Å². The Labute approximate surface area is 142 Å². The van der Waals surface area contributed by atoms with Crippen LogP contribution in [0.3, 0.4) is 0 Å². The summed E-state index contributed by atoms with van der Waals surface area (Å²) in [4.78, 5) is 8.27. The first-order valence-corrected chi connectivity index (χ1v) is 9.20. The van der Waals surface area contributed by atoms with Crippen LogP contribution >= 0.6 is 11.3 Å². The average Bonchev–Trinajstić information content (AvgIpc) is 3.11. The quantitative estimate of drug-likeness (QED) is 0.714. The molecule has 0 unspecified atom stereocenters. The van der Waals surface area contributed by atoms with E-state index in [1.165, 1.54) is 12.3 Å². The molecule has 3 heterocycles. The molecule has 8 nitrogen and oxygen atoms in total. The standard InChI is InChI=1S/C14H13N5O3S2/c1-10-8-15-13(19-24(20,21)12-5-3-7-23-12)14(17-10)22-9-11-4-2-6-16-18-11/h2-8H,9H2,1H3,(H,15,19). The van der Waals surface area contributed by atoms with Crippen LogP contribution in [0.4, 0.5) is 5.82 Å². The van der Waals surface area contributed by atoms with E-state index in [1.54, 1.807) is 36.7 Å². The van der Waals surface area contributed by atoms with E-state index in [4.69, 9.17) is 4.74 Å². The number of sulfonamides is 1. The van der Waals surface area contributed by atoms with Crippen LogP contribution in [0.5, 0.6) is 5.88 Å². The van der Waals surface area contributed by atoms with Gasteiger partial charge in [-0.2, -0.15) is 10.2 Å². The van der Waals surface area contributed by atoms with Crippen molar-refractivity contribution in [1.29, 1.82) is 0 Å². The van der Waals surface area contributed by atoms with Crippen molar-refractivity contribution in [3.05, 3.63) is 53.4 Å². The topological polar surface area (TPSA) is 107 Å². The molecule has 0 aliphatic rings. The van der Waals surface area contributed by atoms with Crippen molar-refractivity contribution in [2.75, 3.05) is 4.72 Å². The highest BCUT2D eigenvalue weighted by molar-refractivity contribution is 7.94. The fourth-order valence-electron chi connectivity index (χ4n) is 1.77. The summed E-state index contributed by atoms with van der Waals surface area (Å²) in [5.41, 5.74) is 1.19. The van der Waals surface area contributed by atoms with E-state index < -0.39 is 10.0 Å². The van der Waals surface area contributed by atoms with Crippen molar-refractivity contribution in [2.45, 2.75) is 17.7 Å². The van der Waals surface area contributed by atoms with Crippen molar-refractivity contribution >= 4 is 27.2 Å². The zero-order chi connectivity index (χ0) is 17.0. The Bertz CT molecular complexity index is 915. The van der Waals surface area contributed by atoms with E-state index in [2.05, 4.69) is 24.9 Å². The average molecular weight is 363 g/mol. The predicted molar refractivity (Wildman–Crippen MR) is 88.3 cm³/mol. The monoisotopic (exact) mass is 363 g/mol. The van der Waals surface area contributed by atoms with Crippen molar-refractivity contribution in [3.8, 4) is 5.88 Å². The third-order valence-electron chi connectivity index (χ3n) is 2.84. The molecule has 0 fully saturated rings. The van der Waals surface area contributed by atoms with Gasteiger partial charge in [-0.3, -0.25) is 4.72 Å². The van der Waals surface area contributed by atoms with E-state index in [9.17, 15) is 8.42 Å². The normalized spacial score (nSPS) is 11.2. The molecule has 10 heteroatoms. The van der Waals surface area contributed by atoms with Crippen molar-refractivity contribution in [1.82, 2.24) is 20.2 Å². The molecule has 0 amide bonds. The predicted octanol–water partition coefficient (Wildman–Crippen LogP) is 2.02. The Balaban J connectivity index is 1.83. The highest BCUT2D eigenvalue weighted by Crippen LogP contribution is 2.25. The molecule has 0 radical (unpaired) electrons. The number of aromatic nitrogens is 4. The number of hydrogen-bond donors (Lipinski definition) is 1. The second-order valence-electron chi connectivity index (χ2n) is 4.71. The van der Waals surface area contributed by atoms with Gasteiger partial charge in [0.25, 0.3) is 15.9 Å². The van der Waals surface area contributed by atoms with E-state index >= 15 is 0 Å². The molecular weight excluding hydrogens is 350 g/mol. The molecular formula is C14H13N5O3S2. The minimum Gasteiger partial charge on any atom is -0.468 e. The molecule has 0 atom stereocenters. The Kier molecular flexibility index (Phi) is 4.67. The van der Waals surface area contributed by atoms with E-state index in [0.29, 0.717) is 11.4 Å². The second-order valence-corrected chi connectivity index (χ2v) is 7.56. The summed E-state index contributed by atoms with van der Waals surface area (Å²) in [5.74, 6) is 0.110. The molecule has 0 aliphatic heterocycles. The maximum absolute atomic E-state index is 12.3. The minimum absolute atomic E-state index is 0.0258. The number of anilines is 1. The molecule has 0 aliphatic carbocycles. The molecule has 0 spiro atoms. The van der Waals surface area contributed by atoms with Gasteiger partial charge in [-0.15, -0.1) is 11.3 Å². The van der Waals surface area contributed by atoms with Gasteiger partial charge in [0.2, 0.25) is 5.82 Å². The molecule has 3 aromatic heterocycles. The van der Waals surface area contributed by atoms with Crippen LogP contribution in [-0.2, 0) is 16.6 Å². The number of ether oxygens (including phenoxy) is 1. The summed E-state index contributed by atoms with van der Waals surface area (Å²) in [7, 11) is -3.73. The lowest BCUT2D eigenvalue weighted by atomic mass is 10.4. The first kappa shape index (κ1) is 16.3. The van der Waals surface area contributed by atoms with Gasteiger partial charge in [-0.05, 0) is 30.5 Å². The number of thiophene rings is 1. The first-order chi connectivity index (χ1) is 11.5. The first-order valence-electron chi connectivity index (χ1n) is 6.84. The molecule has 3 rings (SSSR count). The molecule has 0 aromatic carbocycles. The van der Waals surface area contributed by atoms with Gasteiger partial charge >= 0.3 is 0 Å².